The minimum Gasteiger partial charge on any atom is -0.395 e. The van der Waals surface area contributed by atoms with Crippen LogP contribution in [0, 0.1) is 6.92 Å². The lowest BCUT2D eigenvalue weighted by Gasteiger charge is -2.36. The number of amides is 1. The lowest BCUT2D eigenvalue weighted by molar-refractivity contribution is -0.0301. The standard InChI is InChI=1S/C12H20N4O2/c1-3-16-10(9(13)8(2)15-16)11(17)14-7-12(18)5-4-6-12/h18H,3-7,13H2,1-2H3,(H,14,17). The average Bonchev–Trinajstić information content (AvgIpc) is 2.60. The van der Waals surface area contributed by atoms with E-state index in [1.54, 1.807) is 11.6 Å². The molecular weight excluding hydrogens is 232 g/mol. The normalized spacial score (nSPS) is 17.3. The third kappa shape index (κ3) is 2.20. The zero-order valence-electron chi connectivity index (χ0n) is 10.9. The molecule has 1 aliphatic rings. The van der Waals surface area contributed by atoms with Crippen LogP contribution in [0.25, 0.3) is 0 Å². The minimum atomic E-state index is -0.726. The van der Waals surface area contributed by atoms with E-state index in [0.29, 0.717) is 23.6 Å². The first-order valence-electron chi connectivity index (χ1n) is 6.30. The molecule has 0 saturated heterocycles. The number of aromatic nitrogens is 2. The van der Waals surface area contributed by atoms with E-state index in [0.717, 1.165) is 19.3 Å². The fourth-order valence-electron chi connectivity index (χ4n) is 2.15. The number of hydrogen-bond donors (Lipinski definition) is 3. The summed E-state index contributed by atoms with van der Waals surface area (Å²) in [7, 11) is 0. The van der Waals surface area contributed by atoms with Gasteiger partial charge < -0.3 is 16.2 Å². The molecule has 0 aromatic carbocycles. The van der Waals surface area contributed by atoms with Gasteiger partial charge in [0, 0.05) is 13.1 Å². The number of hydrogen-bond acceptors (Lipinski definition) is 4. The molecule has 0 radical (unpaired) electrons. The number of nitrogens with two attached hydrogens (primary N) is 1. The highest BCUT2D eigenvalue weighted by molar-refractivity contribution is 5.98. The Hall–Kier alpha value is -1.56. The van der Waals surface area contributed by atoms with Crippen molar-refractivity contribution in [2.75, 3.05) is 12.3 Å². The summed E-state index contributed by atoms with van der Waals surface area (Å²) in [6, 6.07) is 0. The van der Waals surface area contributed by atoms with Crippen LogP contribution in [-0.2, 0) is 6.54 Å². The number of rotatable bonds is 4. The van der Waals surface area contributed by atoms with Crippen molar-refractivity contribution < 1.29 is 9.90 Å². The van der Waals surface area contributed by atoms with Gasteiger partial charge in [-0.3, -0.25) is 9.48 Å². The van der Waals surface area contributed by atoms with Gasteiger partial charge in [0.25, 0.3) is 5.91 Å². The molecule has 1 aliphatic carbocycles. The molecule has 0 bridgehead atoms. The van der Waals surface area contributed by atoms with Crippen LogP contribution in [0.15, 0.2) is 0 Å². The van der Waals surface area contributed by atoms with Gasteiger partial charge in [-0.1, -0.05) is 0 Å². The van der Waals surface area contributed by atoms with E-state index in [2.05, 4.69) is 10.4 Å². The first kappa shape index (κ1) is 12.9. The van der Waals surface area contributed by atoms with Gasteiger partial charge in [-0.2, -0.15) is 5.10 Å². The van der Waals surface area contributed by atoms with Crippen molar-refractivity contribution in [3.05, 3.63) is 11.4 Å². The van der Waals surface area contributed by atoms with Crippen LogP contribution in [0.5, 0.6) is 0 Å². The summed E-state index contributed by atoms with van der Waals surface area (Å²) in [6.45, 7) is 4.55. The number of anilines is 1. The molecule has 6 heteroatoms. The van der Waals surface area contributed by atoms with E-state index in [9.17, 15) is 9.90 Å². The summed E-state index contributed by atoms with van der Waals surface area (Å²) in [6.07, 6.45) is 2.50. The highest BCUT2D eigenvalue weighted by Crippen LogP contribution is 2.30. The predicted molar refractivity (Wildman–Crippen MR) is 68.2 cm³/mol. The molecule has 1 amide bonds. The number of carbonyl (C=O) groups excluding carboxylic acids is 1. The quantitative estimate of drug-likeness (QED) is 0.724. The summed E-state index contributed by atoms with van der Waals surface area (Å²) in [5.41, 5.74) is 6.59. The second kappa shape index (κ2) is 4.61. The first-order chi connectivity index (χ1) is 8.47. The van der Waals surface area contributed by atoms with Crippen molar-refractivity contribution >= 4 is 11.6 Å². The lowest BCUT2D eigenvalue weighted by Crippen LogP contribution is -2.48. The molecule has 0 spiro atoms. The van der Waals surface area contributed by atoms with E-state index in [1.165, 1.54) is 0 Å². The van der Waals surface area contributed by atoms with E-state index < -0.39 is 5.60 Å². The lowest BCUT2D eigenvalue weighted by atomic mass is 9.80. The van der Waals surface area contributed by atoms with Crippen LogP contribution in [0.2, 0.25) is 0 Å². The smallest absolute Gasteiger partial charge is 0.271 e. The topological polar surface area (TPSA) is 93.2 Å². The summed E-state index contributed by atoms with van der Waals surface area (Å²) in [5, 5.41) is 16.9. The third-order valence-corrected chi connectivity index (χ3v) is 3.55. The van der Waals surface area contributed by atoms with Gasteiger partial charge >= 0.3 is 0 Å². The molecule has 18 heavy (non-hydrogen) atoms. The monoisotopic (exact) mass is 252 g/mol. The summed E-state index contributed by atoms with van der Waals surface area (Å²) in [4.78, 5) is 12.1. The van der Waals surface area contributed by atoms with E-state index in [-0.39, 0.29) is 12.5 Å². The Labute approximate surface area is 106 Å². The zero-order valence-corrected chi connectivity index (χ0v) is 10.9. The Morgan fingerprint density at radius 3 is 2.78 bits per heavy atom. The Balaban J connectivity index is 2.08. The third-order valence-electron chi connectivity index (χ3n) is 3.55. The Kier molecular flexibility index (Phi) is 3.30. The van der Waals surface area contributed by atoms with Crippen LogP contribution in [0.4, 0.5) is 5.69 Å². The van der Waals surface area contributed by atoms with Gasteiger partial charge in [-0.25, -0.2) is 0 Å². The average molecular weight is 252 g/mol. The molecule has 1 saturated carbocycles. The molecule has 1 aromatic rings. The highest BCUT2D eigenvalue weighted by atomic mass is 16.3. The van der Waals surface area contributed by atoms with Gasteiger partial charge in [0.1, 0.15) is 5.69 Å². The van der Waals surface area contributed by atoms with Crippen molar-refractivity contribution in [1.29, 1.82) is 0 Å². The van der Waals surface area contributed by atoms with E-state index in [4.69, 9.17) is 5.73 Å². The Morgan fingerprint density at radius 2 is 2.28 bits per heavy atom. The number of nitrogens with one attached hydrogen (secondary N) is 1. The van der Waals surface area contributed by atoms with Crippen LogP contribution in [-0.4, -0.2) is 32.9 Å². The Morgan fingerprint density at radius 1 is 1.61 bits per heavy atom. The van der Waals surface area contributed by atoms with Crippen LogP contribution in [0.3, 0.4) is 0 Å². The molecule has 0 unspecified atom stereocenters. The van der Waals surface area contributed by atoms with Crippen molar-refractivity contribution in [3.63, 3.8) is 0 Å². The molecular formula is C12H20N4O2. The van der Waals surface area contributed by atoms with Gasteiger partial charge in [-0.05, 0) is 33.1 Å². The van der Waals surface area contributed by atoms with Gasteiger partial charge in [0.2, 0.25) is 0 Å². The van der Waals surface area contributed by atoms with Crippen molar-refractivity contribution in [1.82, 2.24) is 15.1 Å². The van der Waals surface area contributed by atoms with Crippen molar-refractivity contribution in [2.45, 2.75) is 45.3 Å². The second-order valence-electron chi connectivity index (χ2n) is 4.92. The van der Waals surface area contributed by atoms with Crippen molar-refractivity contribution in [2.24, 2.45) is 0 Å². The maximum absolute atomic E-state index is 12.1. The number of aliphatic hydroxyl groups is 1. The largest absolute Gasteiger partial charge is 0.395 e. The SMILES string of the molecule is CCn1nc(C)c(N)c1C(=O)NCC1(O)CCC1. The molecule has 6 nitrogen and oxygen atoms in total. The van der Waals surface area contributed by atoms with Crippen LogP contribution in [0.1, 0.15) is 42.4 Å². The summed E-state index contributed by atoms with van der Waals surface area (Å²) < 4.78 is 1.59. The summed E-state index contributed by atoms with van der Waals surface area (Å²) in [5.74, 6) is -0.268. The van der Waals surface area contributed by atoms with Gasteiger partial charge in [0.05, 0.1) is 17.0 Å². The molecule has 0 atom stereocenters. The molecule has 2 rings (SSSR count). The molecule has 4 N–H and O–H groups in total. The predicted octanol–water partition coefficient (Wildman–Crippen LogP) is 0.438. The van der Waals surface area contributed by atoms with E-state index in [1.807, 2.05) is 6.92 Å². The molecule has 1 heterocycles. The van der Waals surface area contributed by atoms with Crippen LogP contribution >= 0.6 is 0 Å². The molecule has 1 fully saturated rings. The highest BCUT2D eigenvalue weighted by Gasteiger charge is 2.35. The molecule has 100 valence electrons. The van der Waals surface area contributed by atoms with E-state index >= 15 is 0 Å². The Bertz CT molecular complexity index is 463. The van der Waals surface area contributed by atoms with Crippen LogP contribution < -0.4 is 11.1 Å². The van der Waals surface area contributed by atoms with Gasteiger partial charge in [-0.15, -0.1) is 0 Å². The van der Waals surface area contributed by atoms with Crippen molar-refractivity contribution in [3.8, 4) is 0 Å². The first-order valence-corrected chi connectivity index (χ1v) is 6.30. The molecule has 1 aromatic heterocycles. The maximum atomic E-state index is 12.1. The maximum Gasteiger partial charge on any atom is 0.271 e. The fourth-order valence-corrected chi connectivity index (χ4v) is 2.15. The minimum absolute atomic E-state index is 0.268. The zero-order chi connectivity index (χ0) is 13.3. The summed E-state index contributed by atoms with van der Waals surface area (Å²) >= 11 is 0. The molecule has 0 aliphatic heterocycles. The number of carbonyl (C=O) groups is 1. The fraction of sp³-hybridized carbons (Fsp3) is 0.667. The number of nitrogen functional groups attached to an aromatic ring is 1. The van der Waals surface area contributed by atoms with Gasteiger partial charge in [0.15, 0.2) is 0 Å². The number of nitrogens with zero attached hydrogens (tertiary/aromatic N) is 2. The second-order valence-corrected chi connectivity index (χ2v) is 4.92. The number of aryl methyl sites for hydroxylation is 2.